The second-order valence-electron chi connectivity index (χ2n) is 8.69. The molecule has 0 bridgehead atoms. The van der Waals surface area contributed by atoms with Gasteiger partial charge in [-0.3, -0.25) is 0 Å². The Labute approximate surface area is 195 Å². The van der Waals surface area contributed by atoms with Crippen LogP contribution in [0.4, 0.5) is 0 Å². The molecule has 0 saturated heterocycles. The number of aromatic carboxylic acids is 1. The molecule has 8 heteroatoms. The van der Waals surface area contributed by atoms with Gasteiger partial charge < -0.3 is 14.2 Å². The molecule has 0 aliphatic rings. The molecule has 0 aliphatic heterocycles. The van der Waals surface area contributed by atoms with Gasteiger partial charge in [-0.05, 0) is 50.6 Å². The Morgan fingerprint density at radius 3 is 2.58 bits per heavy atom. The first-order valence-electron chi connectivity index (χ1n) is 10.5. The van der Waals surface area contributed by atoms with Crippen LogP contribution in [0.5, 0.6) is 0 Å². The van der Waals surface area contributed by atoms with Crippen molar-refractivity contribution in [3.63, 3.8) is 0 Å². The second kappa shape index (κ2) is 9.35. The molecular weight excluding hydrogens is 438 g/mol. The molecule has 0 fully saturated rings. The molecule has 2 atom stereocenters. The third-order valence-corrected chi connectivity index (χ3v) is 6.82. The molecule has 2 aromatic carbocycles. The van der Waals surface area contributed by atoms with Crippen molar-refractivity contribution >= 4 is 28.3 Å². The van der Waals surface area contributed by atoms with Gasteiger partial charge in [0.15, 0.2) is 5.58 Å². The number of carboxylic acid groups (broad SMARTS) is 1. The third kappa shape index (κ3) is 5.08. The number of pyridine rings is 1. The van der Waals surface area contributed by atoms with E-state index in [0.717, 1.165) is 16.5 Å². The van der Waals surface area contributed by atoms with Gasteiger partial charge in [0, 0.05) is 34.4 Å². The van der Waals surface area contributed by atoms with Crippen LogP contribution in [-0.2, 0) is 17.8 Å². The maximum absolute atomic E-state index is 13.1. The van der Waals surface area contributed by atoms with Crippen molar-refractivity contribution in [3.8, 4) is 11.3 Å². The fourth-order valence-electron chi connectivity index (χ4n) is 3.54. The summed E-state index contributed by atoms with van der Waals surface area (Å²) in [5.41, 5.74) is 3.65. The minimum absolute atomic E-state index is 0.0287. The highest BCUT2D eigenvalue weighted by Crippen LogP contribution is 2.35. The van der Waals surface area contributed by atoms with Gasteiger partial charge in [-0.1, -0.05) is 47.6 Å². The lowest BCUT2D eigenvalue weighted by Crippen LogP contribution is -2.42. The molecule has 170 valence electrons. The maximum Gasteiger partial charge on any atom is 0.354 e. The summed E-state index contributed by atoms with van der Waals surface area (Å²) in [6, 6.07) is 19.9. The van der Waals surface area contributed by atoms with Gasteiger partial charge in [0.25, 0.3) is 0 Å². The van der Waals surface area contributed by atoms with Crippen LogP contribution in [0.1, 0.15) is 48.6 Å². The zero-order chi connectivity index (χ0) is 23.6. The SMILES string of the molecule is CC(C)(C)[S+]([O-])NC(Cc1cccc(C(=O)O)n1)c1ccccc1-c1noc2ccccc12. The standard InChI is InChI=1S/C25H25N3O4S/c1-25(2,3)33(31)28-21(15-16-9-8-13-20(26-16)24(29)30)17-10-4-5-11-18(17)23-19-12-6-7-14-22(19)32-27-23/h4-14,21,28H,15H2,1-3H3,(H,29,30). The van der Waals surface area contributed by atoms with E-state index in [2.05, 4.69) is 14.9 Å². The van der Waals surface area contributed by atoms with Crippen molar-refractivity contribution in [3.05, 3.63) is 83.7 Å². The first-order valence-corrected chi connectivity index (χ1v) is 11.7. The van der Waals surface area contributed by atoms with E-state index in [1.165, 1.54) is 6.07 Å². The fraction of sp³-hybridized carbons (Fsp3) is 0.240. The molecule has 2 unspecified atom stereocenters. The topological polar surface area (TPSA) is 111 Å². The van der Waals surface area contributed by atoms with Crippen LogP contribution in [0.2, 0.25) is 0 Å². The summed E-state index contributed by atoms with van der Waals surface area (Å²) >= 11 is -1.38. The smallest absolute Gasteiger partial charge is 0.354 e. The molecule has 0 saturated carbocycles. The van der Waals surface area contributed by atoms with Crippen LogP contribution in [0.15, 0.2) is 71.3 Å². The number of aromatic nitrogens is 2. The molecule has 0 radical (unpaired) electrons. The highest BCUT2D eigenvalue weighted by Gasteiger charge is 2.31. The Morgan fingerprint density at radius 1 is 1.09 bits per heavy atom. The largest absolute Gasteiger partial charge is 0.598 e. The quantitative estimate of drug-likeness (QED) is 0.374. The van der Waals surface area contributed by atoms with E-state index in [1.54, 1.807) is 12.1 Å². The molecule has 33 heavy (non-hydrogen) atoms. The predicted molar refractivity (Wildman–Crippen MR) is 128 cm³/mol. The summed E-state index contributed by atoms with van der Waals surface area (Å²) in [6.07, 6.45) is 0.343. The van der Waals surface area contributed by atoms with Gasteiger partial charge in [-0.2, -0.15) is 0 Å². The summed E-state index contributed by atoms with van der Waals surface area (Å²) < 4.78 is 21.4. The summed E-state index contributed by atoms with van der Waals surface area (Å²) in [6.45, 7) is 5.69. The van der Waals surface area contributed by atoms with Gasteiger partial charge in [-0.15, -0.1) is 4.72 Å². The lowest BCUT2D eigenvalue weighted by atomic mass is 9.94. The fourth-order valence-corrected chi connectivity index (χ4v) is 4.36. The van der Waals surface area contributed by atoms with Crippen molar-refractivity contribution in [1.29, 1.82) is 0 Å². The van der Waals surface area contributed by atoms with E-state index < -0.39 is 28.1 Å². The monoisotopic (exact) mass is 463 g/mol. The van der Waals surface area contributed by atoms with Gasteiger partial charge in [-0.25, -0.2) is 9.78 Å². The summed E-state index contributed by atoms with van der Waals surface area (Å²) in [5, 5.41) is 14.5. The van der Waals surface area contributed by atoms with Gasteiger partial charge in [0.05, 0.1) is 6.04 Å². The highest BCUT2D eigenvalue weighted by molar-refractivity contribution is 7.90. The van der Waals surface area contributed by atoms with Gasteiger partial charge in [0.1, 0.15) is 16.1 Å². The van der Waals surface area contributed by atoms with E-state index in [-0.39, 0.29) is 5.69 Å². The van der Waals surface area contributed by atoms with Crippen molar-refractivity contribution in [2.45, 2.75) is 38.0 Å². The Kier molecular flexibility index (Phi) is 6.51. The third-order valence-electron chi connectivity index (χ3n) is 5.21. The average Bonchev–Trinajstić information content (AvgIpc) is 3.22. The van der Waals surface area contributed by atoms with Crippen molar-refractivity contribution in [1.82, 2.24) is 14.9 Å². The number of fused-ring (bicyclic) bond motifs is 1. The van der Waals surface area contributed by atoms with Crippen LogP contribution in [0.25, 0.3) is 22.2 Å². The van der Waals surface area contributed by atoms with Crippen molar-refractivity contribution in [2.24, 2.45) is 0 Å². The number of benzene rings is 2. The molecule has 4 aromatic rings. The van der Waals surface area contributed by atoms with Crippen LogP contribution >= 0.6 is 0 Å². The molecule has 7 nitrogen and oxygen atoms in total. The number of carboxylic acids is 1. The molecule has 2 aromatic heterocycles. The van der Waals surface area contributed by atoms with Crippen LogP contribution in [-0.4, -0.2) is 30.5 Å². The average molecular weight is 464 g/mol. The molecule has 0 amide bonds. The highest BCUT2D eigenvalue weighted by atomic mass is 32.2. The zero-order valence-corrected chi connectivity index (χ0v) is 19.4. The number of carbonyl (C=O) groups is 1. The number of rotatable bonds is 7. The summed E-state index contributed by atoms with van der Waals surface area (Å²) in [4.78, 5) is 15.7. The maximum atomic E-state index is 13.1. The second-order valence-corrected chi connectivity index (χ2v) is 10.7. The molecule has 2 heterocycles. The normalized spacial score (nSPS) is 13.7. The van der Waals surface area contributed by atoms with Crippen LogP contribution in [0, 0.1) is 0 Å². The number of hydrogen-bond acceptors (Lipinski definition) is 6. The summed E-state index contributed by atoms with van der Waals surface area (Å²) in [7, 11) is 0. The van der Waals surface area contributed by atoms with Gasteiger partial charge in [0.2, 0.25) is 0 Å². The molecular formula is C25H25N3O4S. The van der Waals surface area contributed by atoms with E-state index in [1.807, 2.05) is 69.3 Å². The van der Waals surface area contributed by atoms with Crippen molar-refractivity contribution < 1.29 is 19.0 Å². The Bertz CT molecular complexity index is 1280. The predicted octanol–water partition coefficient (Wildman–Crippen LogP) is 4.92. The lowest BCUT2D eigenvalue weighted by Gasteiger charge is -2.29. The number of para-hydroxylation sites is 1. The summed E-state index contributed by atoms with van der Waals surface area (Å²) in [5.74, 6) is -1.09. The first kappa shape index (κ1) is 23.0. The van der Waals surface area contributed by atoms with Crippen LogP contribution < -0.4 is 4.72 Å². The van der Waals surface area contributed by atoms with Crippen LogP contribution in [0.3, 0.4) is 0 Å². The van der Waals surface area contributed by atoms with E-state index >= 15 is 0 Å². The lowest BCUT2D eigenvalue weighted by molar-refractivity contribution is 0.0690. The zero-order valence-electron chi connectivity index (χ0n) is 18.6. The molecule has 2 N–H and O–H groups in total. The minimum Gasteiger partial charge on any atom is -0.598 e. The van der Waals surface area contributed by atoms with Crippen molar-refractivity contribution in [2.75, 3.05) is 0 Å². The molecule has 4 rings (SSSR count). The minimum atomic E-state index is -1.38. The molecule has 0 aliphatic carbocycles. The number of nitrogens with zero attached hydrogens (tertiary/aromatic N) is 2. The van der Waals surface area contributed by atoms with Gasteiger partial charge >= 0.3 is 5.97 Å². The van der Waals surface area contributed by atoms with E-state index in [0.29, 0.717) is 23.4 Å². The number of hydrogen-bond donors (Lipinski definition) is 2. The number of nitrogens with one attached hydrogen (secondary N) is 1. The Balaban J connectivity index is 1.79. The molecule has 0 spiro atoms. The van der Waals surface area contributed by atoms with E-state index in [4.69, 9.17) is 4.52 Å². The Hall–Kier alpha value is -3.20. The van der Waals surface area contributed by atoms with E-state index in [9.17, 15) is 14.5 Å². The first-order chi connectivity index (χ1) is 15.7. The Morgan fingerprint density at radius 2 is 1.82 bits per heavy atom.